The Morgan fingerprint density at radius 3 is 2.61 bits per heavy atom. The van der Waals surface area contributed by atoms with E-state index in [0.717, 1.165) is 6.42 Å². The second-order valence-electron chi connectivity index (χ2n) is 10.2. The summed E-state index contributed by atoms with van der Waals surface area (Å²) in [5.41, 5.74) is -0.164. The van der Waals surface area contributed by atoms with Crippen LogP contribution < -0.4 is 21.1 Å². The van der Waals surface area contributed by atoms with E-state index < -0.39 is 29.9 Å². The maximum absolute atomic E-state index is 13.6. The molecule has 0 saturated carbocycles. The van der Waals surface area contributed by atoms with E-state index in [9.17, 15) is 19.5 Å². The minimum atomic E-state index is -1.60. The summed E-state index contributed by atoms with van der Waals surface area (Å²) in [6.45, 7) is 5.82. The molecule has 3 aliphatic rings. The lowest BCUT2D eigenvalue weighted by molar-refractivity contribution is -0.129. The Bertz CT molecular complexity index is 1470. The summed E-state index contributed by atoms with van der Waals surface area (Å²) in [5.74, 6) is 0.0613. The number of aliphatic hydroxyl groups is 1. The van der Waals surface area contributed by atoms with Gasteiger partial charge < -0.3 is 10.4 Å². The topological polar surface area (TPSA) is 117 Å². The minimum absolute atomic E-state index is 0.0669. The molecule has 3 aromatic rings. The molecule has 2 aromatic carbocycles. The molecule has 3 aliphatic heterocycles. The number of amides is 2. The van der Waals surface area contributed by atoms with Crippen molar-refractivity contribution in [1.29, 1.82) is 0 Å². The zero-order valence-corrected chi connectivity index (χ0v) is 20.4. The van der Waals surface area contributed by atoms with Crippen molar-refractivity contribution >= 4 is 28.4 Å². The Morgan fingerprint density at radius 1 is 1.11 bits per heavy atom. The summed E-state index contributed by atoms with van der Waals surface area (Å²) in [6.07, 6.45) is -0.0420. The number of rotatable bonds is 4. The molecule has 0 spiro atoms. The highest BCUT2D eigenvalue weighted by molar-refractivity contribution is 6.03. The average Bonchev–Trinajstić information content (AvgIpc) is 3.35. The summed E-state index contributed by atoms with van der Waals surface area (Å²) in [7, 11) is 0. The number of para-hydroxylation sites is 2. The Kier molecular flexibility index (Phi) is 5.07. The molecule has 6 rings (SSSR count). The fourth-order valence-corrected chi connectivity index (χ4v) is 6.00. The predicted molar refractivity (Wildman–Crippen MR) is 134 cm³/mol. The van der Waals surface area contributed by atoms with Gasteiger partial charge in [-0.3, -0.25) is 29.2 Å². The van der Waals surface area contributed by atoms with Crippen LogP contribution in [0.1, 0.15) is 57.1 Å². The first-order chi connectivity index (χ1) is 17.3. The second kappa shape index (κ2) is 7.97. The fraction of sp³-hybridized carbons (Fsp3) is 0.407. The minimum Gasteiger partial charge on any atom is -0.381 e. The molecular weight excluding hydrogens is 458 g/mol. The van der Waals surface area contributed by atoms with Gasteiger partial charge in [0.2, 0.25) is 11.8 Å². The highest BCUT2D eigenvalue weighted by Crippen LogP contribution is 2.50. The Labute approximate surface area is 208 Å². The molecule has 6 atom stereocenters. The first-order valence-electron chi connectivity index (χ1n) is 12.5. The van der Waals surface area contributed by atoms with Gasteiger partial charge in [0.1, 0.15) is 23.6 Å². The maximum Gasteiger partial charge on any atom is 0.262 e. The van der Waals surface area contributed by atoms with Gasteiger partial charge in [0.15, 0.2) is 0 Å². The lowest BCUT2D eigenvalue weighted by atomic mass is 9.85. The molecule has 3 N–H and O–H groups in total. The first-order valence-corrected chi connectivity index (χ1v) is 12.5. The van der Waals surface area contributed by atoms with Gasteiger partial charge in [-0.1, -0.05) is 50.6 Å². The van der Waals surface area contributed by atoms with E-state index in [4.69, 9.17) is 4.98 Å². The van der Waals surface area contributed by atoms with Crippen molar-refractivity contribution in [3.05, 3.63) is 70.3 Å². The summed E-state index contributed by atoms with van der Waals surface area (Å²) in [4.78, 5) is 46.8. The molecule has 1 aromatic heterocycles. The Morgan fingerprint density at radius 2 is 1.83 bits per heavy atom. The Hall–Kier alpha value is -3.56. The van der Waals surface area contributed by atoms with E-state index in [1.165, 1.54) is 4.57 Å². The third-order valence-corrected chi connectivity index (χ3v) is 8.09. The molecule has 1 saturated heterocycles. The molecule has 186 valence electrons. The molecule has 1 fully saturated rings. The molecule has 4 heterocycles. The highest BCUT2D eigenvalue weighted by Gasteiger charge is 2.59. The monoisotopic (exact) mass is 487 g/mol. The van der Waals surface area contributed by atoms with Gasteiger partial charge in [-0.25, -0.2) is 4.98 Å². The highest BCUT2D eigenvalue weighted by atomic mass is 16.3. The van der Waals surface area contributed by atoms with E-state index in [1.807, 2.05) is 32.0 Å². The SMILES string of the molecule is CCC(C)C1NC2N(C1=O)c1ccccc1C2(O)CC1C(=O)NC(C)c2nc3ccccc3c(=O)n21. The van der Waals surface area contributed by atoms with Crippen molar-refractivity contribution < 1.29 is 14.7 Å². The maximum atomic E-state index is 13.6. The van der Waals surface area contributed by atoms with Crippen LogP contribution in [-0.4, -0.2) is 38.7 Å². The molecule has 6 unspecified atom stereocenters. The lowest BCUT2D eigenvalue weighted by Gasteiger charge is -2.37. The molecule has 36 heavy (non-hydrogen) atoms. The number of hydrogen-bond acceptors (Lipinski definition) is 6. The number of fused-ring (bicyclic) bond motifs is 5. The standard InChI is InChI=1S/C27H29N5O4/c1-4-14(2)21-25(35)32-19-12-8-6-10-17(19)27(36,26(32)30-21)13-20-23(33)28-15(3)22-29-18-11-7-5-9-16(18)24(34)31(20)22/h5-12,14-15,20-21,26,30,36H,4,13H2,1-3H3,(H,28,33). The van der Waals surface area contributed by atoms with Crippen LogP contribution in [0.25, 0.3) is 10.9 Å². The second-order valence-corrected chi connectivity index (χ2v) is 10.2. The van der Waals surface area contributed by atoms with Crippen molar-refractivity contribution in [3.63, 3.8) is 0 Å². The van der Waals surface area contributed by atoms with E-state index in [2.05, 4.69) is 10.6 Å². The number of carbonyl (C=O) groups excluding carboxylic acids is 2. The van der Waals surface area contributed by atoms with Crippen molar-refractivity contribution in [2.24, 2.45) is 5.92 Å². The number of hydrogen-bond donors (Lipinski definition) is 3. The number of nitrogens with one attached hydrogen (secondary N) is 2. The fourth-order valence-electron chi connectivity index (χ4n) is 6.00. The van der Waals surface area contributed by atoms with Crippen molar-refractivity contribution in [3.8, 4) is 0 Å². The summed E-state index contributed by atoms with van der Waals surface area (Å²) < 4.78 is 1.43. The van der Waals surface area contributed by atoms with Crippen molar-refractivity contribution in [1.82, 2.24) is 20.2 Å². The molecule has 0 aliphatic carbocycles. The molecule has 9 heteroatoms. The van der Waals surface area contributed by atoms with E-state index in [-0.39, 0.29) is 29.7 Å². The van der Waals surface area contributed by atoms with E-state index in [0.29, 0.717) is 28.0 Å². The lowest BCUT2D eigenvalue weighted by Crippen LogP contribution is -2.54. The largest absolute Gasteiger partial charge is 0.381 e. The molecule has 2 amide bonds. The summed E-state index contributed by atoms with van der Waals surface area (Å²) in [5, 5.41) is 19.0. The molecular formula is C27H29N5O4. The van der Waals surface area contributed by atoms with Crippen LogP contribution in [0.5, 0.6) is 0 Å². The van der Waals surface area contributed by atoms with Gasteiger partial charge in [0.05, 0.1) is 28.7 Å². The van der Waals surface area contributed by atoms with Crippen molar-refractivity contribution in [2.45, 2.75) is 63.5 Å². The normalized spacial score (nSPS) is 29.6. The van der Waals surface area contributed by atoms with Gasteiger partial charge in [0.25, 0.3) is 5.56 Å². The van der Waals surface area contributed by atoms with E-state index >= 15 is 0 Å². The Balaban J connectivity index is 1.49. The van der Waals surface area contributed by atoms with Crippen LogP contribution in [-0.2, 0) is 15.2 Å². The number of benzene rings is 2. The number of aromatic nitrogens is 2. The quantitative estimate of drug-likeness (QED) is 0.519. The zero-order chi connectivity index (χ0) is 25.4. The van der Waals surface area contributed by atoms with Gasteiger partial charge in [-0.15, -0.1) is 0 Å². The predicted octanol–water partition coefficient (Wildman–Crippen LogP) is 2.10. The van der Waals surface area contributed by atoms with Crippen molar-refractivity contribution in [2.75, 3.05) is 4.90 Å². The van der Waals surface area contributed by atoms with Crippen LogP contribution in [0.3, 0.4) is 0 Å². The molecule has 0 bridgehead atoms. The molecule has 9 nitrogen and oxygen atoms in total. The van der Waals surface area contributed by atoms with Gasteiger partial charge in [0, 0.05) is 12.0 Å². The number of nitrogens with zero attached hydrogens (tertiary/aromatic N) is 3. The van der Waals surface area contributed by atoms with Gasteiger partial charge in [-0.05, 0) is 31.0 Å². The third kappa shape index (κ3) is 3.02. The van der Waals surface area contributed by atoms with Crippen LogP contribution >= 0.6 is 0 Å². The zero-order valence-electron chi connectivity index (χ0n) is 20.4. The summed E-state index contributed by atoms with van der Waals surface area (Å²) in [6, 6.07) is 12.4. The van der Waals surface area contributed by atoms with Crippen LogP contribution in [0.15, 0.2) is 53.3 Å². The number of anilines is 1. The first kappa shape index (κ1) is 22.9. The van der Waals surface area contributed by atoms with Crippen LogP contribution in [0.2, 0.25) is 0 Å². The van der Waals surface area contributed by atoms with Crippen LogP contribution in [0.4, 0.5) is 5.69 Å². The van der Waals surface area contributed by atoms with E-state index in [1.54, 1.807) is 42.2 Å². The van der Waals surface area contributed by atoms with Gasteiger partial charge in [-0.2, -0.15) is 0 Å². The smallest absolute Gasteiger partial charge is 0.262 e. The average molecular weight is 488 g/mol. The third-order valence-electron chi connectivity index (χ3n) is 8.09. The van der Waals surface area contributed by atoms with Crippen LogP contribution in [0, 0.1) is 5.92 Å². The van der Waals surface area contributed by atoms with Gasteiger partial charge >= 0.3 is 0 Å². The number of carbonyl (C=O) groups is 2. The molecule has 0 radical (unpaired) electrons. The summed E-state index contributed by atoms with van der Waals surface area (Å²) >= 11 is 0.